The van der Waals surface area contributed by atoms with E-state index in [2.05, 4.69) is 4.74 Å². The Balaban J connectivity index is 2.99. The van der Waals surface area contributed by atoms with Gasteiger partial charge in [-0.05, 0) is 0 Å². The highest BCUT2D eigenvalue weighted by atomic mass is 16.5. The number of aromatic hydroxyl groups is 3. The lowest BCUT2D eigenvalue weighted by molar-refractivity contribution is -0.142. The maximum absolute atomic E-state index is 10.9. The Bertz CT molecular complexity index is 377. The average molecular weight is 228 g/mol. The van der Waals surface area contributed by atoms with Crippen LogP contribution in [0.2, 0.25) is 0 Å². The minimum Gasteiger partial charge on any atom is -0.508 e. The summed E-state index contributed by atoms with van der Waals surface area (Å²) in [5.74, 6) is -2.01. The Morgan fingerprint density at radius 3 is 2.25 bits per heavy atom. The molecule has 0 fully saturated rings. The molecule has 16 heavy (non-hydrogen) atoms. The summed E-state index contributed by atoms with van der Waals surface area (Å²) in [5, 5.41) is 37.4. The van der Waals surface area contributed by atoms with Gasteiger partial charge in [0.2, 0.25) is 0 Å². The number of hydrogen-bond donors (Lipinski definition) is 4. The number of aliphatic hydroxyl groups is 1. The first-order valence-electron chi connectivity index (χ1n) is 4.45. The lowest BCUT2D eigenvalue weighted by atomic mass is 10.0. The first-order chi connectivity index (χ1) is 7.45. The molecule has 0 bridgehead atoms. The topological polar surface area (TPSA) is 107 Å². The van der Waals surface area contributed by atoms with Crippen LogP contribution in [-0.4, -0.2) is 33.5 Å². The highest BCUT2D eigenvalue weighted by Gasteiger charge is 2.21. The van der Waals surface area contributed by atoms with Crippen LogP contribution in [-0.2, 0) is 9.53 Å². The van der Waals surface area contributed by atoms with Crippen LogP contribution in [0.5, 0.6) is 17.2 Å². The lowest BCUT2D eigenvalue weighted by Crippen LogP contribution is -2.08. The van der Waals surface area contributed by atoms with E-state index in [1.54, 1.807) is 0 Å². The standard InChI is InChI=1S/C10H12O6/c1-16-9(15)4-8(14)10-6(12)2-5(11)3-7(10)13/h2-3,8,11-14H,4H2,1H3/t8-/m0/s1. The predicted octanol–water partition coefficient (Wildman–Crippen LogP) is 0.400. The maximum atomic E-state index is 10.9. The van der Waals surface area contributed by atoms with Crippen LogP contribution in [0.15, 0.2) is 12.1 Å². The summed E-state index contributed by atoms with van der Waals surface area (Å²) in [7, 11) is 1.16. The van der Waals surface area contributed by atoms with Gasteiger partial charge in [-0.3, -0.25) is 4.79 Å². The molecule has 0 unspecified atom stereocenters. The van der Waals surface area contributed by atoms with Gasteiger partial charge in [-0.25, -0.2) is 0 Å². The van der Waals surface area contributed by atoms with Crippen LogP contribution in [0.3, 0.4) is 0 Å². The number of hydrogen-bond acceptors (Lipinski definition) is 6. The van der Waals surface area contributed by atoms with Gasteiger partial charge in [0.1, 0.15) is 17.2 Å². The van der Waals surface area contributed by atoms with Crippen molar-refractivity contribution in [2.24, 2.45) is 0 Å². The Labute approximate surface area is 91.3 Å². The maximum Gasteiger partial charge on any atom is 0.308 e. The lowest BCUT2D eigenvalue weighted by Gasteiger charge is -2.13. The van der Waals surface area contributed by atoms with E-state index in [9.17, 15) is 20.1 Å². The van der Waals surface area contributed by atoms with Crippen molar-refractivity contribution in [2.75, 3.05) is 7.11 Å². The molecule has 88 valence electrons. The molecule has 0 saturated heterocycles. The van der Waals surface area contributed by atoms with Crippen LogP contribution in [0.25, 0.3) is 0 Å². The zero-order chi connectivity index (χ0) is 12.3. The molecule has 1 rings (SSSR count). The molecule has 1 aromatic rings. The molecular weight excluding hydrogens is 216 g/mol. The van der Waals surface area contributed by atoms with Gasteiger partial charge in [-0.15, -0.1) is 0 Å². The second-order valence-electron chi connectivity index (χ2n) is 3.19. The van der Waals surface area contributed by atoms with E-state index in [1.807, 2.05) is 0 Å². The highest BCUT2D eigenvalue weighted by Crippen LogP contribution is 2.37. The second-order valence-corrected chi connectivity index (χ2v) is 3.19. The molecule has 0 aromatic heterocycles. The molecule has 0 heterocycles. The number of rotatable bonds is 3. The number of methoxy groups -OCH3 is 1. The molecule has 0 radical (unpaired) electrons. The normalized spacial score (nSPS) is 12.1. The van der Waals surface area contributed by atoms with Crippen LogP contribution < -0.4 is 0 Å². The Morgan fingerprint density at radius 1 is 1.31 bits per heavy atom. The van der Waals surface area contributed by atoms with Gasteiger partial charge in [-0.2, -0.15) is 0 Å². The van der Waals surface area contributed by atoms with E-state index < -0.39 is 30.0 Å². The van der Waals surface area contributed by atoms with Gasteiger partial charge in [0.15, 0.2) is 0 Å². The molecular formula is C10H12O6. The van der Waals surface area contributed by atoms with E-state index >= 15 is 0 Å². The van der Waals surface area contributed by atoms with Crippen molar-refractivity contribution in [3.05, 3.63) is 17.7 Å². The molecule has 1 aromatic carbocycles. The SMILES string of the molecule is COC(=O)C[C@H](O)c1c(O)cc(O)cc1O. The fourth-order valence-corrected chi connectivity index (χ4v) is 1.29. The molecule has 0 amide bonds. The Kier molecular flexibility index (Phi) is 3.57. The van der Waals surface area contributed by atoms with Gasteiger partial charge in [0, 0.05) is 12.1 Å². The molecule has 0 aliphatic heterocycles. The van der Waals surface area contributed by atoms with E-state index in [0.29, 0.717) is 0 Å². The number of esters is 1. The minimum atomic E-state index is -1.40. The number of phenolic OH excluding ortho intramolecular Hbond substituents is 3. The predicted molar refractivity (Wildman–Crippen MR) is 53.0 cm³/mol. The van der Waals surface area contributed by atoms with Gasteiger partial charge in [0.25, 0.3) is 0 Å². The van der Waals surface area contributed by atoms with Crippen molar-refractivity contribution in [3.8, 4) is 17.2 Å². The van der Waals surface area contributed by atoms with Gasteiger partial charge in [-0.1, -0.05) is 0 Å². The number of carbonyl (C=O) groups excluding carboxylic acids is 1. The Morgan fingerprint density at radius 2 is 1.81 bits per heavy atom. The van der Waals surface area contributed by atoms with E-state index in [-0.39, 0.29) is 11.3 Å². The molecule has 4 N–H and O–H groups in total. The van der Waals surface area contributed by atoms with Crippen molar-refractivity contribution < 1.29 is 30.0 Å². The summed E-state index contributed by atoms with van der Waals surface area (Å²) in [6.07, 6.45) is -1.80. The summed E-state index contributed by atoms with van der Waals surface area (Å²) in [6, 6.07) is 1.91. The number of carbonyl (C=O) groups is 1. The monoisotopic (exact) mass is 228 g/mol. The average Bonchev–Trinajstić information content (AvgIpc) is 2.15. The third kappa shape index (κ3) is 2.54. The Hall–Kier alpha value is -1.95. The number of ether oxygens (including phenoxy) is 1. The molecule has 0 saturated carbocycles. The van der Waals surface area contributed by atoms with E-state index in [1.165, 1.54) is 0 Å². The minimum absolute atomic E-state index is 0.219. The molecule has 6 heteroatoms. The van der Waals surface area contributed by atoms with Crippen LogP contribution >= 0.6 is 0 Å². The molecule has 0 aliphatic rings. The molecule has 6 nitrogen and oxygen atoms in total. The first kappa shape index (κ1) is 12.1. The van der Waals surface area contributed by atoms with Crippen molar-refractivity contribution in [1.29, 1.82) is 0 Å². The molecule has 0 spiro atoms. The summed E-state index contributed by atoms with van der Waals surface area (Å²) >= 11 is 0. The van der Waals surface area contributed by atoms with Crippen LogP contribution in [0, 0.1) is 0 Å². The van der Waals surface area contributed by atoms with Gasteiger partial charge < -0.3 is 25.2 Å². The summed E-state index contributed by atoms with van der Waals surface area (Å²) in [4.78, 5) is 10.9. The quantitative estimate of drug-likeness (QED) is 0.558. The molecule has 0 aliphatic carbocycles. The van der Waals surface area contributed by atoms with Gasteiger partial charge in [0.05, 0.1) is 25.2 Å². The fourth-order valence-electron chi connectivity index (χ4n) is 1.29. The summed E-state index contributed by atoms with van der Waals surface area (Å²) in [6.45, 7) is 0. The van der Waals surface area contributed by atoms with Crippen molar-refractivity contribution in [1.82, 2.24) is 0 Å². The number of benzene rings is 1. The largest absolute Gasteiger partial charge is 0.508 e. The van der Waals surface area contributed by atoms with Crippen molar-refractivity contribution >= 4 is 5.97 Å². The zero-order valence-electron chi connectivity index (χ0n) is 8.54. The summed E-state index contributed by atoms with van der Waals surface area (Å²) < 4.78 is 4.33. The van der Waals surface area contributed by atoms with Crippen LogP contribution in [0.1, 0.15) is 18.1 Å². The number of aliphatic hydroxyl groups excluding tert-OH is 1. The number of phenols is 3. The van der Waals surface area contributed by atoms with Gasteiger partial charge >= 0.3 is 5.97 Å². The highest BCUT2D eigenvalue weighted by molar-refractivity contribution is 5.70. The second kappa shape index (κ2) is 4.71. The third-order valence-electron chi connectivity index (χ3n) is 2.04. The molecule has 1 atom stereocenters. The zero-order valence-corrected chi connectivity index (χ0v) is 8.54. The first-order valence-corrected chi connectivity index (χ1v) is 4.45. The smallest absolute Gasteiger partial charge is 0.308 e. The summed E-state index contributed by atoms with van der Waals surface area (Å²) in [5.41, 5.74) is -0.219. The fraction of sp³-hybridized carbons (Fsp3) is 0.300. The van der Waals surface area contributed by atoms with E-state index in [0.717, 1.165) is 19.2 Å². The van der Waals surface area contributed by atoms with Crippen LogP contribution in [0.4, 0.5) is 0 Å². The van der Waals surface area contributed by atoms with Crippen molar-refractivity contribution in [3.63, 3.8) is 0 Å². The van der Waals surface area contributed by atoms with Crippen molar-refractivity contribution in [2.45, 2.75) is 12.5 Å². The third-order valence-corrected chi connectivity index (χ3v) is 2.04. The van der Waals surface area contributed by atoms with E-state index in [4.69, 9.17) is 5.11 Å².